The minimum absolute atomic E-state index is 0.248. The fourth-order valence-corrected chi connectivity index (χ4v) is 1.25. The summed E-state index contributed by atoms with van der Waals surface area (Å²) < 4.78 is 18.1. The van der Waals surface area contributed by atoms with Crippen LogP contribution >= 0.6 is 12.2 Å². The van der Waals surface area contributed by atoms with E-state index in [2.05, 4.69) is 4.98 Å². The van der Waals surface area contributed by atoms with Crippen LogP contribution in [0.1, 0.15) is 0 Å². The van der Waals surface area contributed by atoms with Gasteiger partial charge in [-0.2, -0.15) is 0 Å². The van der Waals surface area contributed by atoms with Crippen LogP contribution in [0.2, 0.25) is 0 Å². The van der Waals surface area contributed by atoms with Gasteiger partial charge in [0.25, 0.3) is 4.84 Å². The molecule has 2 rings (SSSR count). The summed E-state index contributed by atoms with van der Waals surface area (Å²) in [4.78, 5) is 2.99. The maximum absolute atomic E-state index is 13.2. The first-order valence-electron chi connectivity index (χ1n) is 3.70. The highest BCUT2D eigenvalue weighted by molar-refractivity contribution is 7.71. The lowest BCUT2D eigenvalue weighted by Gasteiger charge is -1.96. The van der Waals surface area contributed by atoms with Crippen LogP contribution in [0.15, 0.2) is 34.9 Å². The van der Waals surface area contributed by atoms with E-state index in [1.807, 2.05) is 0 Å². The van der Waals surface area contributed by atoms with E-state index in [1.54, 1.807) is 18.2 Å². The molecule has 0 saturated heterocycles. The van der Waals surface area contributed by atoms with Crippen LogP contribution in [-0.4, -0.2) is 4.98 Å². The fourth-order valence-electron chi connectivity index (χ4n) is 1.09. The van der Waals surface area contributed by atoms with Gasteiger partial charge >= 0.3 is 0 Å². The molecule has 13 heavy (non-hydrogen) atoms. The van der Waals surface area contributed by atoms with Crippen LogP contribution in [-0.2, 0) is 0 Å². The van der Waals surface area contributed by atoms with E-state index < -0.39 is 0 Å². The number of hydrogen-bond acceptors (Lipinski definition) is 2. The van der Waals surface area contributed by atoms with Gasteiger partial charge in [0.2, 0.25) is 0 Å². The number of rotatable bonds is 1. The van der Waals surface area contributed by atoms with Crippen LogP contribution in [0.3, 0.4) is 0 Å². The van der Waals surface area contributed by atoms with Gasteiger partial charge in [-0.1, -0.05) is 12.1 Å². The second-order valence-electron chi connectivity index (χ2n) is 2.54. The number of benzene rings is 1. The third-order valence-corrected chi connectivity index (χ3v) is 1.88. The number of nitrogens with one attached hydrogen (secondary N) is 1. The summed E-state index contributed by atoms with van der Waals surface area (Å²) >= 11 is 4.73. The molecule has 0 atom stereocenters. The van der Waals surface area contributed by atoms with Crippen molar-refractivity contribution >= 4 is 12.2 Å². The normalized spacial score (nSPS) is 10.2. The van der Waals surface area contributed by atoms with Crippen LogP contribution in [0.25, 0.3) is 11.3 Å². The molecule has 1 N–H and O–H groups in total. The zero-order valence-corrected chi connectivity index (χ0v) is 7.40. The van der Waals surface area contributed by atoms with Crippen molar-refractivity contribution in [1.82, 2.24) is 4.98 Å². The third-order valence-electron chi connectivity index (χ3n) is 1.68. The predicted molar refractivity (Wildman–Crippen MR) is 49.3 cm³/mol. The Bertz CT molecular complexity index is 474. The van der Waals surface area contributed by atoms with Gasteiger partial charge in [0.15, 0.2) is 0 Å². The molecule has 0 spiro atoms. The molecule has 4 heteroatoms. The van der Waals surface area contributed by atoms with Crippen molar-refractivity contribution in [2.45, 2.75) is 0 Å². The molecule has 2 aromatic rings. The van der Waals surface area contributed by atoms with Gasteiger partial charge in [0.1, 0.15) is 12.1 Å². The molecule has 1 aromatic heterocycles. The molecule has 0 aliphatic heterocycles. The van der Waals surface area contributed by atoms with Crippen LogP contribution in [0.4, 0.5) is 4.39 Å². The van der Waals surface area contributed by atoms with Gasteiger partial charge < -0.3 is 9.40 Å². The van der Waals surface area contributed by atoms with Gasteiger partial charge in [0.05, 0.1) is 5.69 Å². The topological polar surface area (TPSA) is 28.9 Å². The molecule has 0 aliphatic rings. The first-order valence-corrected chi connectivity index (χ1v) is 4.11. The van der Waals surface area contributed by atoms with E-state index in [4.69, 9.17) is 16.6 Å². The van der Waals surface area contributed by atoms with E-state index in [9.17, 15) is 4.39 Å². The second kappa shape index (κ2) is 3.14. The zero-order valence-electron chi connectivity index (χ0n) is 6.58. The Morgan fingerprint density at radius 3 is 2.69 bits per heavy atom. The van der Waals surface area contributed by atoms with Crippen molar-refractivity contribution < 1.29 is 8.81 Å². The summed E-state index contributed by atoms with van der Waals surface area (Å²) in [5.74, 6) is -0.297. The first-order chi connectivity index (χ1) is 6.27. The smallest absolute Gasteiger partial charge is 0.266 e. The highest BCUT2D eigenvalue weighted by Gasteiger charge is 2.05. The molecule has 0 amide bonds. The van der Waals surface area contributed by atoms with Crippen LogP contribution in [0, 0.1) is 10.7 Å². The largest absolute Gasteiger partial charge is 0.437 e. The number of aromatic amines is 1. The SMILES string of the molecule is Fc1ccccc1-c1coc(=S)[nH]1. The van der Waals surface area contributed by atoms with Crippen molar-refractivity contribution in [1.29, 1.82) is 0 Å². The molecular formula is C9H6FNOS. The number of oxazole rings is 1. The minimum atomic E-state index is -0.297. The molecule has 0 radical (unpaired) electrons. The lowest BCUT2D eigenvalue weighted by Crippen LogP contribution is -1.82. The van der Waals surface area contributed by atoms with Crippen molar-refractivity contribution in [2.75, 3.05) is 0 Å². The fraction of sp³-hybridized carbons (Fsp3) is 0. The second-order valence-corrected chi connectivity index (χ2v) is 2.91. The highest BCUT2D eigenvalue weighted by Crippen LogP contribution is 2.20. The average Bonchev–Trinajstić information content (AvgIpc) is 2.53. The van der Waals surface area contributed by atoms with Gasteiger partial charge in [-0.05, 0) is 24.4 Å². The molecule has 66 valence electrons. The molecule has 2 nitrogen and oxygen atoms in total. The maximum atomic E-state index is 13.2. The Labute approximate surface area is 79.0 Å². The molecule has 1 aromatic carbocycles. The van der Waals surface area contributed by atoms with E-state index in [-0.39, 0.29) is 10.7 Å². The standard InChI is InChI=1S/C9H6FNOS/c10-7-4-2-1-3-6(7)8-5-12-9(13)11-8/h1-5H,(H,11,13). The van der Waals surface area contributed by atoms with Crippen molar-refractivity contribution in [3.05, 3.63) is 41.2 Å². The quantitative estimate of drug-likeness (QED) is 0.708. The summed E-state index contributed by atoms with van der Waals surface area (Å²) in [6.45, 7) is 0. The third kappa shape index (κ3) is 1.53. The summed E-state index contributed by atoms with van der Waals surface area (Å²) in [5.41, 5.74) is 1.02. The van der Waals surface area contributed by atoms with Crippen LogP contribution < -0.4 is 0 Å². The predicted octanol–water partition coefficient (Wildman–Crippen LogP) is 3.14. The highest BCUT2D eigenvalue weighted by atomic mass is 32.1. The maximum Gasteiger partial charge on any atom is 0.266 e. The molecule has 0 unspecified atom stereocenters. The lowest BCUT2D eigenvalue weighted by atomic mass is 10.2. The van der Waals surface area contributed by atoms with Crippen molar-refractivity contribution in [2.24, 2.45) is 0 Å². The van der Waals surface area contributed by atoms with Gasteiger partial charge in [0, 0.05) is 5.56 Å². The molecule has 0 bridgehead atoms. The Balaban J connectivity index is 2.58. The van der Waals surface area contributed by atoms with E-state index in [0.717, 1.165) is 0 Å². The van der Waals surface area contributed by atoms with Crippen LogP contribution in [0.5, 0.6) is 0 Å². The molecular weight excluding hydrogens is 189 g/mol. The number of aromatic nitrogens is 1. The summed E-state index contributed by atoms with van der Waals surface area (Å²) in [7, 11) is 0. The average molecular weight is 195 g/mol. The van der Waals surface area contributed by atoms with Gasteiger partial charge in [-0.15, -0.1) is 0 Å². The summed E-state index contributed by atoms with van der Waals surface area (Å²) in [5, 5.41) is 0. The number of halogens is 1. The van der Waals surface area contributed by atoms with Crippen molar-refractivity contribution in [3.63, 3.8) is 0 Å². The number of hydrogen-bond donors (Lipinski definition) is 1. The monoisotopic (exact) mass is 195 g/mol. The van der Waals surface area contributed by atoms with E-state index in [1.165, 1.54) is 12.3 Å². The zero-order chi connectivity index (χ0) is 9.26. The Hall–Kier alpha value is -1.42. The Morgan fingerprint density at radius 1 is 1.31 bits per heavy atom. The Morgan fingerprint density at radius 2 is 2.08 bits per heavy atom. The molecule has 0 fully saturated rings. The van der Waals surface area contributed by atoms with Gasteiger partial charge in [-0.3, -0.25) is 0 Å². The first kappa shape index (κ1) is 8.19. The molecule has 0 aliphatic carbocycles. The van der Waals surface area contributed by atoms with Crippen molar-refractivity contribution in [3.8, 4) is 11.3 Å². The van der Waals surface area contributed by atoms with E-state index in [0.29, 0.717) is 11.3 Å². The minimum Gasteiger partial charge on any atom is -0.437 e. The summed E-state index contributed by atoms with van der Waals surface area (Å²) in [6, 6.07) is 6.43. The molecule has 1 heterocycles. The van der Waals surface area contributed by atoms with E-state index >= 15 is 0 Å². The lowest BCUT2D eigenvalue weighted by molar-refractivity contribution is 0.541. The molecule has 0 saturated carbocycles. The number of H-pyrrole nitrogens is 1. The summed E-state index contributed by atoms with van der Waals surface area (Å²) in [6.07, 6.45) is 1.40. The Kier molecular flexibility index (Phi) is 1.98. The van der Waals surface area contributed by atoms with Gasteiger partial charge in [-0.25, -0.2) is 4.39 Å².